The van der Waals surface area contributed by atoms with Crippen LogP contribution in [0, 0.1) is 0 Å². The summed E-state index contributed by atoms with van der Waals surface area (Å²) in [6, 6.07) is 7.20. The minimum atomic E-state index is -0.0137. The van der Waals surface area contributed by atoms with E-state index in [1.54, 1.807) is 12.1 Å². The normalized spacial score (nSPS) is 10.7. The van der Waals surface area contributed by atoms with Crippen molar-refractivity contribution in [2.45, 2.75) is 38.6 Å². The second-order valence-electron chi connectivity index (χ2n) is 5.25. The molecule has 1 aromatic carbocycles. The third kappa shape index (κ3) is 6.00. The van der Waals surface area contributed by atoms with Crippen molar-refractivity contribution in [1.82, 2.24) is 15.5 Å². The topological polar surface area (TPSA) is 94.0 Å². The van der Waals surface area contributed by atoms with Crippen molar-refractivity contribution in [2.75, 3.05) is 6.54 Å². The van der Waals surface area contributed by atoms with Gasteiger partial charge in [0.15, 0.2) is 0 Å². The summed E-state index contributed by atoms with van der Waals surface area (Å²) in [5.74, 6) is 0.815. The number of nitrogens with one attached hydrogen (secondary N) is 1. The molecular weight excluding hydrogens is 316 g/mol. The van der Waals surface area contributed by atoms with E-state index in [0.29, 0.717) is 29.7 Å². The maximum atomic E-state index is 11.7. The summed E-state index contributed by atoms with van der Waals surface area (Å²) in [6.45, 7) is 0.938. The van der Waals surface area contributed by atoms with Crippen LogP contribution in [0.2, 0.25) is 5.02 Å². The number of benzene rings is 1. The Labute approximate surface area is 140 Å². The summed E-state index contributed by atoms with van der Waals surface area (Å²) in [4.78, 5) is 16.0. The van der Waals surface area contributed by atoms with Crippen LogP contribution in [0.15, 0.2) is 28.8 Å². The third-order valence-corrected chi connectivity index (χ3v) is 3.58. The van der Waals surface area contributed by atoms with Crippen LogP contribution in [0.25, 0.3) is 11.4 Å². The fourth-order valence-electron chi connectivity index (χ4n) is 2.12. The second-order valence-corrected chi connectivity index (χ2v) is 5.69. The predicted octanol–water partition coefficient (Wildman–Crippen LogP) is 2.92. The Hall–Kier alpha value is -1.92. The molecule has 0 aliphatic rings. The number of nitrogens with two attached hydrogens (primary N) is 1. The highest BCUT2D eigenvalue weighted by molar-refractivity contribution is 6.30. The molecule has 0 radical (unpaired) electrons. The van der Waals surface area contributed by atoms with Gasteiger partial charge in [0.25, 0.3) is 0 Å². The Kier molecular flexibility index (Phi) is 7.03. The van der Waals surface area contributed by atoms with Gasteiger partial charge in [-0.3, -0.25) is 4.79 Å². The Morgan fingerprint density at radius 2 is 2.09 bits per heavy atom. The molecule has 2 rings (SSSR count). The number of carbonyl (C=O) groups is 1. The van der Waals surface area contributed by atoms with E-state index in [1.165, 1.54) is 0 Å². The summed E-state index contributed by atoms with van der Waals surface area (Å²) in [5, 5.41) is 7.28. The Bertz CT molecular complexity index is 630. The average molecular weight is 337 g/mol. The number of hydrogen-bond acceptors (Lipinski definition) is 5. The molecule has 1 amide bonds. The minimum absolute atomic E-state index is 0.0137. The first-order chi connectivity index (χ1) is 11.2. The number of halogens is 1. The first kappa shape index (κ1) is 17.4. The lowest BCUT2D eigenvalue weighted by Gasteiger charge is -2.02. The Balaban J connectivity index is 1.75. The van der Waals surface area contributed by atoms with Gasteiger partial charge >= 0.3 is 0 Å². The fraction of sp³-hybridized carbons (Fsp3) is 0.438. The lowest BCUT2D eigenvalue weighted by atomic mass is 10.1. The van der Waals surface area contributed by atoms with Crippen molar-refractivity contribution in [3.05, 3.63) is 35.2 Å². The summed E-state index contributed by atoms with van der Waals surface area (Å²) < 4.78 is 5.13. The number of rotatable bonds is 9. The van der Waals surface area contributed by atoms with Crippen LogP contribution in [-0.2, 0) is 11.3 Å². The molecule has 1 heterocycles. The predicted molar refractivity (Wildman–Crippen MR) is 88.7 cm³/mol. The Morgan fingerprint density at radius 3 is 2.87 bits per heavy atom. The van der Waals surface area contributed by atoms with Gasteiger partial charge in [-0.05, 0) is 31.5 Å². The molecule has 124 valence electrons. The number of amides is 1. The van der Waals surface area contributed by atoms with E-state index in [0.717, 1.165) is 31.2 Å². The summed E-state index contributed by atoms with van der Waals surface area (Å²) >= 11 is 5.93. The zero-order valence-electron chi connectivity index (χ0n) is 12.9. The summed E-state index contributed by atoms with van der Waals surface area (Å²) in [5.41, 5.74) is 6.20. The van der Waals surface area contributed by atoms with Crippen LogP contribution < -0.4 is 11.1 Å². The highest BCUT2D eigenvalue weighted by atomic mass is 35.5. The van der Waals surface area contributed by atoms with Gasteiger partial charge in [-0.25, -0.2) is 0 Å². The molecule has 0 aliphatic heterocycles. The van der Waals surface area contributed by atoms with E-state index in [2.05, 4.69) is 15.5 Å². The third-order valence-electron chi connectivity index (χ3n) is 3.35. The van der Waals surface area contributed by atoms with Gasteiger partial charge in [0.2, 0.25) is 17.6 Å². The molecular formula is C16H21ClN4O2. The zero-order valence-corrected chi connectivity index (χ0v) is 13.7. The lowest BCUT2D eigenvalue weighted by Crippen LogP contribution is -2.22. The van der Waals surface area contributed by atoms with Gasteiger partial charge in [0, 0.05) is 17.0 Å². The van der Waals surface area contributed by atoms with E-state index in [1.807, 2.05) is 12.1 Å². The maximum absolute atomic E-state index is 11.7. The lowest BCUT2D eigenvalue weighted by molar-refractivity contribution is -0.121. The molecule has 0 aliphatic carbocycles. The molecule has 0 saturated carbocycles. The zero-order chi connectivity index (χ0) is 16.5. The minimum Gasteiger partial charge on any atom is -0.347 e. The smallest absolute Gasteiger partial charge is 0.246 e. The number of unbranched alkanes of at least 4 members (excludes halogenated alkanes) is 3. The second kappa shape index (κ2) is 9.27. The van der Waals surface area contributed by atoms with Gasteiger partial charge in [0.1, 0.15) is 0 Å². The Morgan fingerprint density at radius 1 is 1.26 bits per heavy atom. The first-order valence-corrected chi connectivity index (χ1v) is 8.12. The fourth-order valence-corrected chi connectivity index (χ4v) is 2.31. The molecule has 0 atom stereocenters. The average Bonchev–Trinajstić information content (AvgIpc) is 3.02. The van der Waals surface area contributed by atoms with Gasteiger partial charge in [-0.1, -0.05) is 41.7 Å². The molecule has 3 N–H and O–H groups in total. The standard InChI is InChI=1S/C16H21ClN4O2/c17-13-7-5-6-12(10-13)16-20-15(23-21-16)11-19-14(22)8-3-1-2-4-9-18/h5-7,10H,1-4,8-9,11,18H2,(H,19,22). The molecule has 0 fully saturated rings. The van der Waals surface area contributed by atoms with Crippen molar-refractivity contribution in [3.8, 4) is 11.4 Å². The van der Waals surface area contributed by atoms with Crippen LogP contribution in [0.1, 0.15) is 38.0 Å². The van der Waals surface area contributed by atoms with Crippen LogP contribution in [0.4, 0.5) is 0 Å². The first-order valence-electron chi connectivity index (χ1n) is 7.74. The quantitative estimate of drug-likeness (QED) is 0.686. The summed E-state index contributed by atoms with van der Waals surface area (Å²) in [7, 11) is 0. The van der Waals surface area contributed by atoms with E-state index in [4.69, 9.17) is 21.9 Å². The molecule has 2 aromatic rings. The molecule has 1 aromatic heterocycles. The molecule has 6 nitrogen and oxygen atoms in total. The van der Waals surface area contributed by atoms with Crippen molar-refractivity contribution in [3.63, 3.8) is 0 Å². The highest BCUT2D eigenvalue weighted by Gasteiger charge is 2.10. The van der Waals surface area contributed by atoms with E-state index < -0.39 is 0 Å². The van der Waals surface area contributed by atoms with Gasteiger partial charge in [-0.2, -0.15) is 4.98 Å². The molecule has 0 saturated heterocycles. The summed E-state index contributed by atoms with van der Waals surface area (Å²) in [6.07, 6.45) is 4.46. The van der Waals surface area contributed by atoms with Crippen LogP contribution in [-0.4, -0.2) is 22.6 Å². The number of aromatic nitrogens is 2. The largest absolute Gasteiger partial charge is 0.347 e. The number of nitrogens with zero attached hydrogens (tertiary/aromatic N) is 2. The van der Waals surface area contributed by atoms with Crippen LogP contribution in [0.5, 0.6) is 0 Å². The molecule has 0 spiro atoms. The van der Waals surface area contributed by atoms with Crippen LogP contribution >= 0.6 is 11.6 Å². The maximum Gasteiger partial charge on any atom is 0.246 e. The van der Waals surface area contributed by atoms with E-state index in [9.17, 15) is 4.79 Å². The molecule has 0 unspecified atom stereocenters. The van der Waals surface area contributed by atoms with Gasteiger partial charge in [-0.15, -0.1) is 0 Å². The van der Waals surface area contributed by atoms with E-state index in [-0.39, 0.29) is 12.5 Å². The SMILES string of the molecule is NCCCCCCC(=O)NCc1nc(-c2cccc(Cl)c2)no1. The molecule has 23 heavy (non-hydrogen) atoms. The van der Waals surface area contributed by atoms with Crippen molar-refractivity contribution in [2.24, 2.45) is 5.73 Å². The molecule has 7 heteroatoms. The van der Waals surface area contributed by atoms with Crippen molar-refractivity contribution in [1.29, 1.82) is 0 Å². The van der Waals surface area contributed by atoms with E-state index >= 15 is 0 Å². The monoisotopic (exact) mass is 336 g/mol. The number of hydrogen-bond donors (Lipinski definition) is 2. The van der Waals surface area contributed by atoms with Crippen molar-refractivity contribution >= 4 is 17.5 Å². The van der Waals surface area contributed by atoms with Crippen molar-refractivity contribution < 1.29 is 9.32 Å². The molecule has 0 bridgehead atoms. The van der Waals surface area contributed by atoms with Gasteiger partial charge < -0.3 is 15.6 Å². The number of carbonyl (C=O) groups excluding carboxylic acids is 1. The van der Waals surface area contributed by atoms with Crippen LogP contribution in [0.3, 0.4) is 0 Å². The highest BCUT2D eigenvalue weighted by Crippen LogP contribution is 2.19. The van der Waals surface area contributed by atoms with Gasteiger partial charge in [0.05, 0.1) is 6.54 Å².